The summed E-state index contributed by atoms with van der Waals surface area (Å²) in [7, 11) is 0. The fourth-order valence-corrected chi connectivity index (χ4v) is 2.57. The van der Waals surface area contributed by atoms with Crippen LogP contribution in [-0.2, 0) is 22.1 Å². The molecule has 4 nitrogen and oxygen atoms in total. The number of carbonyl (C=O) groups excluding carboxylic acids is 2. The number of ether oxygens (including phenoxy) is 2. The van der Waals surface area contributed by atoms with Crippen LogP contribution in [0.1, 0.15) is 28.4 Å². The molecule has 2 aromatic rings. The molecule has 0 N–H and O–H groups in total. The van der Waals surface area contributed by atoms with Crippen LogP contribution < -0.4 is 4.74 Å². The molecule has 0 aliphatic rings. The maximum atomic E-state index is 13.1. The summed E-state index contributed by atoms with van der Waals surface area (Å²) in [6, 6.07) is 7.52. The van der Waals surface area contributed by atoms with E-state index in [9.17, 15) is 22.8 Å². The Bertz CT molecular complexity index is 819. The van der Waals surface area contributed by atoms with E-state index in [1.54, 1.807) is 13.0 Å². The molecule has 26 heavy (non-hydrogen) atoms. The van der Waals surface area contributed by atoms with E-state index in [0.717, 1.165) is 12.1 Å². The third-order valence-electron chi connectivity index (χ3n) is 3.27. The normalized spacial score (nSPS) is 11.1. The number of carbonyl (C=O) groups is 2. The molecule has 0 unspecified atom stereocenters. The maximum absolute atomic E-state index is 13.1. The molecule has 0 atom stereocenters. The van der Waals surface area contributed by atoms with Gasteiger partial charge in [0, 0.05) is 4.47 Å². The predicted octanol–water partition coefficient (Wildman–Crippen LogP) is 5.18. The van der Waals surface area contributed by atoms with Crippen LogP contribution in [0.25, 0.3) is 0 Å². The van der Waals surface area contributed by atoms with E-state index >= 15 is 0 Å². The summed E-state index contributed by atoms with van der Waals surface area (Å²) in [4.78, 5) is 22.7. The van der Waals surface area contributed by atoms with Crippen molar-refractivity contribution < 1.29 is 32.2 Å². The van der Waals surface area contributed by atoms with Gasteiger partial charge in [-0.15, -0.1) is 0 Å². The van der Waals surface area contributed by atoms with E-state index in [-0.39, 0.29) is 35.7 Å². The van der Waals surface area contributed by atoms with Crippen LogP contribution in [0.4, 0.5) is 13.2 Å². The summed E-state index contributed by atoms with van der Waals surface area (Å²) in [5, 5.41) is 0. The fraction of sp³-hybridized carbons (Fsp3) is 0.222. The van der Waals surface area contributed by atoms with Gasteiger partial charge in [-0.3, -0.25) is 9.59 Å². The van der Waals surface area contributed by atoms with Crippen molar-refractivity contribution in [3.8, 4) is 11.5 Å². The first-order chi connectivity index (χ1) is 12.2. The summed E-state index contributed by atoms with van der Waals surface area (Å²) in [5.74, 6) is -0.677. The van der Waals surface area contributed by atoms with Crippen molar-refractivity contribution in [2.75, 3.05) is 6.61 Å². The second kappa shape index (κ2) is 8.35. The number of benzene rings is 2. The van der Waals surface area contributed by atoms with Gasteiger partial charge in [0.2, 0.25) is 0 Å². The first-order valence-corrected chi connectivity index (χ1v) is 8.31. The summed E-state index contributed by atoms with van der Waals surface area (Å²) < 4.78 is 50.3. The first-order valence-electron chi connectivity index (χ1n) is 7.52. The molecule has 0 spiro atoms. The molecular weight excluding hydrogens is 417 g/mol. The topological polar surface area (TPSA) is 52.6 Å². The van der Waals surface area contributed by atoms with Crippen LogP contribution in [0, 0.1) is 0 Å². The highest BCUT2D eigenvalue weighted by Crippen LogP contribution is 2.35. The molecule has 0 aromatic heterocycles. The highest BCUT2D eigenvalue weighted by atomic mass is 79.9. The molecule has 2 aromatic carbocycles. The van der Waals surface area contributed by atoms with E-state index in [1.807, 2.05) is 0 Å². The summed E-state index contributed by atoms with van der Waals surface area (Å²) in [5.41, 5.74) is -0.694. The Labute approximate surface area is 156 Å². The van der Waals surface area contributed by atoms with Crippen LogP contribution in [0.2, 0.25) is 0 Å². The standard InChI is InChI=1S/C18H14BrF3O4/c1-2-25-17(24)7-11-5-13(18(20,21)22)9-15(6-11)26-16-4-3-14(19)8-12(16)10-23/h3-6,8-10H,2,7H2,1H3. The zero-order valence-corrected chi connectivity index (χ0v) is 15.2. The summed E-state index contributed by atoms with van der Waals surface area (Å²) in [6.07, 6.45) is -4.40. The Kier molecular flexibility index (Phi) is 6.42. The van der Waals surface area contributed by atoms with Crippen LogP contribution in [0.3, 0.4) is 0 Å². The van der Waals surface area contributed by atoms with Gasteiger partial charge in [0.15, 0.2) is 6.29 Å². The minimum atomic E-state index is -4.62. The first kappa shape index (κ1) is 20.0. The van der Waals surface area contributed by atoms with Crippen LogP contribution >= 0.6 is 15.9 Å². The zero-order valence-electron chi connectivity index (χ0n) is 13.6. The quantitative estimate of drug-likeness (QED) is 0.468. The Morgan fingerprint density at radius 3 is 2.54 bits per heavy atom. The Hall–Kier alpha value is -2.35. The largest absolute Gasteiger partial charge is 0.466 e. The van der Waals surface area contributed by atoms with Gasteiger partial charge in [-0.05, 0) is 48.9 Å². The van der Waals surface area contributed by atoms with Crippen molar-refractivity contribution in [2.45, 2.75) is 19.5 Å². The van der Waals surface area contributed by atoms with Crippen LogP contribution in [-0.4, -0.2) is 18.9 Å². The lowest BCUT2D eigenvalue weighted by Crippen LogP contribution is -2.10. The fourth-order valence-electron chi connectivity index (χ4n) is 2.20. The lowest BCUT2D eigenvalue weighted by atomic mass is 10.1. The van der Waals surface area contributed by atoms with Gasteiger partial charge in [0.25, 0.3) is 0 Å². The zero-order chi connectivity index (χ0) is 19.3. The number of alkyl halides is 3. The van der Waals surface area contributed by atoms with Gasteiger partial charge in [0.1, 0.15) is 11.5 Å². The number of aldehydes is 1. The average molecular weight is 431 g/mol. The summed E-state index contributed by atoms with van der Waals surface area (Å²) in [6.45, 7) is 1.73. The Balaban J connectivity index is 2.41. The molecular formula is C18H14BrF3O4. The van der Waals surface area contributed by atoms with Crippen molar-refractivity contribution >= 4 is 28.2 Å². The Morgan fingerprint density at radius 1 is 1.19 bits per heavy atom. The molecule has 0 saturated carbocycles. The molecule has 0 aliphatic heterocycles. The molecule has 138 valence electrons. The van der Waals surface area contributed by atoms with Gasteiger partial charge in [-0.2, -0.15) is 13.2 Å². The van der Waals surface area contributed by atoms with Gasteiger partial charge < -0.3 is 9.47 Å². The van der Waals surface area contributed by atoms with Crippen molar-refractivity contribution in [3.63, 3.8) is 0 Å². The SMILES string of the molecule is CCOC(=O)Cc1cc(Oc2ccc(Br)cc2C=O)cc(C(F)(F)F)c1. The molecule has 0 amide bonds. The number of hydrogen-bond acceptors (Lipinski definition) is 4. The number of hydrogen-bond donors (Lipinski definition) is 0. The lowest BCUT2D eigenvalue weighted by Gasteiger charge is -2.14. The summed E-state index contributed by atoms with van der Waals surface area (Å²) >= 11 is 3.20. The second-order valence-electron chi connectivity index (χ2n) is 5.25. The van der Waals surface area contributed by atoms with Gasteiger partial charge in [-0.25, -0.2) is 0 Å². The van der Waals surface area contributed by atoms with E-state index in [2.05, 4.69) is 15.9 Å². The number of halogens is 4. The monoisotopic (exact) mass is 430 g/mol. The lowest BCUT2D eigenvalue weighted by molar-refractivity contribution is -0.142. The molecule has 2 rings (SSSR count). The van der Waals surface area contributed by atoms with Gasteiger partial charge >= 0.3 is 12.1 Å². The van der Waals surface area contributed by atoms with E-state index in [1.165, 1.54) is 18.2 Å². The molecule has 0 radical (unpaired) electrons. The Morgan fingerprint density at radius 2 is 1.92 bits per heavy atom. The highest BCUT2D eigenvalue weighted by Gasteiger charge is 2.31. The second-order valence-corrected chi connectivity index (χ2v) is 6.16. The minimum Gasteiger partial charge on any atom is -0.466 e. The smallest absolute Gasteiger partial charge is 0.416 e. The van der Waals surface area contributed by atoms with Crippen molar-refractivity contribution in [2.24, 2.45) is 0 Å². The average Bonchev–Trinajstić information content (AvgIpc) is 2.55. The molecule has 0 bridgehead atoms. The van der Waals surface area contributed by atoms with E-state index < -0.39 is 17.7 Å². The highest BCUT2D eigenvalue weighted by molar-refractivity contribution is 9.10. The molecule has 0 heterocycles. The maximum Gasteiger partial charge on any atom is 0.416 e. The number of esters is 1. The predicted molar refractivity (Wildman–Crippen MR) is 91.4 cm³/mol. The third-order valence-corrected chi connectivity index (χ3v) is 3.77. The number of rotatable bonds is 6. The van der Waals surface area contributed by atoms with Crippen molar-refractivity contribution in [3.05, 3.63) is 57.6 Å². The minimum absolute atomic E-state index is 0.0954. The van der Waals surface area contributed by atoms with Crippen LogP contribution in [0.15, 0.2) is 40.9 Å². The van der Waals surface area contributed by atoms with Crippen molar-refractivity contribution in [1.29, 1.82) is 0 Å². The molecule has 8 heteroatoms. The molecule has 0 aliphatic carbocycles. The van der Waals surface area contributed by atoms with E-state index in [0.29, 0.717) is 10.8 Å². The van der Waals surface area contributed by atoms with Crippen molar-refractivity contribution in [1.82, 2.24) is 0 Å². The molecule has 0 saturated heterocycles. The third kappa shape index (κ3) is 5.32. The molecule has 0 fully saturated rings. The van der Waals surface area contributed by atoms with Gasteiger partial charge in [0.05, 0.1) is 24.2 Å². The van der Waals surface area contributed by atoms with Crippen LogP contribution in [0.5, 0.6) is 11.5 Å². The van der Waals surface area contributed by atoms with Gasteiger partial charge in [-0.1, -0.05) is 15.9 Å². The van der Waals surface area contributed by atoms with E-state index in [4.69, 9.17) is 9.47 Å².